The van der Waals surface area contributed by atoms with Crippen molar-refractivity contribution in [2.45, 2.75) is 63.3 Å². The average molecular weight is 293 g/mol. The fourth-order valence-electron chi connectivity index (χ4n) is 3.66. The van der Waals surface area contributed by atoms with Crippen LogP contribution in [0.25, 0.3) is 0 Å². The molecule has 0 bridgehead atoms. The Hall–Kier alpha value is -1.40. The second kappa shape index (κ2) is 5.77. The molecule has 2 N–H and O–H groups in total. The number of nitrogens with zero attached hydrogens (tertiary/aromatic N) is 2. The Kier molecular flexibility index (Phi) is 3.99. The Morgan fingerprint density at radius 2 is 2.05 bits per heavy atom. The fourth-order valence-corrected chi connectivity index (χ4v) is 3.66. The van der Waals surface area contributed by atoms with Gasteiger partial charge in [-0.2, -0.15) is 0 Å². The van der Waals surface area contributed by atoms with Crippen LogP contribution in [-0.4, -0.2) is 27.4 Å². The molecule has 6 nitrogen and oxygen atoms in total. The van der Waals surface area contributed by atoms with E-state index in [0.29, 0.717) is 6.54 Å². The van der Waals surface area contributed by atoms with Gasteiger partial charge in [-0.3, -0.25) is 13.9 Å². The molecule has 6 heteroatoms. The molecular weight excluding hydrogens is 270 g/mol. The Balaban J connectivity index is 1.75. The minimum Gasteiger partial charge on any atom is -0.370 e. The van der Waals surface area contributed by atoms with Gasteiger partial charge >= 0.3 is 5.69 Å². The van der Waals surface area contributed by atoms with Crippen LogP contribution in [0.5, 0.6) is 0 Å². The molecule has 0 radical (unpaired) electrons. The van der Waals surface area contributed by atoms with Crippen molar-refractivity contribution in [1.29, 1.82) is 0 Å². The summed E-state index contributed by atoms with van der Waals surface area (Å²) < 4.78 is 9.00. The number of rotatable bonds is 4. The predicted octanol–water partition coefficient (Wildman–Crippen LogP) is 0.460. The first-order valence-electron chi connectivity index (χ1n) is 7.82. The molecule has 2 aliphatic rings. The maximum absolute atomic E-state index is 12.3. The summed E-state index contributed by atoms with van der Waals surface area (Å²) in [6.07, 6.45) is 8.50. The van der Waals surface area contributed by atoms with E-state index < -0.39 is 0 Å². The zero-order valence-electron chi connectivity index (χ0n) is 12.3. The monoisotopic (exact) mass is 293 g/mol. The highest BCUT2D eigenvalue weighted by Gasteiger charge is 2.42. The van der Waals surface area contributed by atoms with Crippen molar-refractivity contribution in [3.63, 3.8) is 0 Å². The second-order valence-corrected chi connectivity index (χ2v) is 6.20. The van der Waals surface area contributed by atoms with Gasteiger partial charge in [-0.25, -0.2) is 4.79 Å². The van der Waals surface area contributed by atoms with E-state index in [2.05, 4.69) is 0 Å². The lowest BCUT2D eigenvalue weighted by Crippen LogP contribution is -2.42. The highest BCUT2D eigenvalue weighted by Crippen LogP contribution is 2.43. The van der Waals surface area contributed by atoms with Crippen LogP contribution in [0.15, 0.2) is 21.9 Å². The van der Waals surface area contributed by atoms with Gasteiger partial charge in [0.2, 0.25) is 0 Å². The minimum atomic E-state index is -0.290. The lowest BCUT2D eigenvalue weighted by atomic mass is 9.98. The third-order valence-electron chi connectivity index (χ3n) is 4.75. The fraction of sp³-hybridized carbons (Fsp3) is 0.733. The number of nitrogens with two attached hydrogens (primary N) is 1. The molecule has 0 aromatic carbocycles. The van der Waals surface area contributed by atoms with Gasteiger partial charge < -0.3 is 10.5 Å². The summed E-state index contributed by atoms with van der Waals surface area (Å²) in [5.41, 5.74) is 4.95. The lowest BCUT2D eigenvalue weighted by molar-refractivity contribution is -0.0423. The first kappa shape index (κ1) is 14.5. The molecule has 1 aromatic rings. The number of hydrogen-bond acceptors (Lipinski definition) is 4. The van der Waals surface area contributed by atoms with Gasteiger partial charge in [-0.05, 0) is 25.7 Å². The number of ether oxygens (including phenoxy) is 1. The summed E-state index contributed by atoms with van der Waals surface area (Å²) in [6, 6.07) is 1.43. The van der Waals surface area contributed by atoms with Crippen molar-refractivity contribution < 1.29 is 4.74 Å². The zero-order chi connectivity index (χ0) is 14.9. The summed E-state index contributed by atoms with van der Waals surface area (Å²) >= 11 is 0. The van der Waals surface area contributed by atoms with E-state index >= 15 is 0 Å². The first-order valence-corrected chi connectivity index (χ1v) is 7.82. The molecule has 1 aliphatic carbocycles. The van der Waals surface area contributed by atoms with Gasteiger partial charge in [0, 0.05) is 25.4 Å². The van der Waals surface area contributed by atoms with E-state index in [1.807, 2.05) is 0 Å². The standard InChI is InChI=1S/C15H23N3O3/c16-8-10-18-13(19)4-9-17(14(18)20)11-12-3-7-15(21-12)5-1-2-6-15/h4,9,12H,1-3,5-8,10-11,16H2. The third kappa shape index (κ3) is 2.82. The van der Waals surface area contributed by atoms with Gasteiger partial charge in [0.05, 0.1) is 18.2 Å². The molecule has 1 unspecified atom stereocenters. The molecule has 1 aromatic heterocycles. The van der Waals surface area contributed by atoms with Crippen molar-refractivity contribution in [1.82, 2.24) is 9.13 Å². The van der Waals surface area contributed by atoms with Crippen LogP contribution >= 0.6 is 0 Å². The van der Waals surface area contributed by atoms with E-state index in [1.54, 1.807) is 10.8 Å². The molecule has 21 heavy (non-hydrogen) atoms. The Morgan fingerprint density at radius 1 is 1.29 bits per heavy atom. The van der Waals surface area contributed by atoms with Crippen LogP contribution in [-0.2, 0) is 17.8 Å². The van der Waals surface area contributed by atoms with E-state index in [4.69, 9.17) is 10.5 Å². The Labute approximate surface area is 123 Å². The predicted molar refractivity (Wildman–Crippen MR) is 79.3 cm³/mol. The molecule has 1 spiro atoms. The molecule has 1 saturated heterocycles. The van der Waals surface area contributed by atoms with Crippen LogP contribution in [0.4, 0.5) is 0 Å². The smallest absolute Gasteiger partial charge is 0.331 e. The summed E-state index contributed by atoms with van der Waals surface area (Å²) in [5, 5.41) is 0. The maximum Gasteiger partial charge on any atom is 0.331 e. The van der Waals surface area contributed by atoms with Crippen molar-refractivity contribution in [3.8, 4) is 0 Å². The van der Waals surface area contributed by atoms with Crippen LogP contribution < -0.4 is 17.0 Å². The molecule has 3 rings (SSSR count). The Bertz CT molecular complexity index is 613. The maximum atomic E-state index is 12.3. The van der Waals surface area contributed by atoms with Gasteiger partial charge in [0.1, 0.15) is 0 Å². The van der Waals surface area contributed by atoms with Crippen molar-refractivity contribution in [3.05, 3.63) is 33.1 Å². The quantitative estimate of drug-likeness (QED) is 0.874. The molecule has 2 fully saturated rings. The SMILES string of the molecule is NCCn1c(=O)ccn(CC2CCC3(CCCC3)O2)c1=O. The van der Waals surface area contributed by atoms with Gasteiger partial charge in [0.25, 0.3) is 5.56 Å². The van der Waals surface area contributed by atoms with Gasteiger partial charge in [0.15, 0.2) is 0 Å². The summed E-state index contributed by atoms with van der Waals surface area (Å²) in [4.78, 5) is 24.0. The Morgan fingerprint density at radius 3 is 2.76 bits per heavy atom. The second-order valence-electron chi connectivity index (χ2n) is 6.20. The molecule has 1 aliphatic heterocycles. The van der Waals surface area contributed by atoms with Gasteiger partial charge in [-0.1, -0.05) is 12.8 Å². The molecule has 1 saturated carbocycles. The van der Waals surface area contributed by atoms with Gasteiger partial charge in [-0.15, -0.1) is 0 Å². The van der Waals surface area contributed by atoms with Crippen LogP contribution in [0, 0.1) is 0 Å². The van der Waals surface area contributed by atoms with Crippen LogP contribution in [0.3, 0.4) is 0 Å². The molecule has 116 valence electrons. The third-order valence-corrected chi connectivity index (χ3v) is 4.75. The van der Waals surface area contributed by atoms with E-state index in [-0.39, 0.29) is 36.0 Å². The molecular formula is C15H23N3O3. The number of hydrogen-bond donors (Lipinski definition) is 1. The zero-order valence-corrected chi connectivity index (χ0v) is 12.3. The van der Waals surface area contributed by atoms with Crippen LogP contribution in [0.2, 0.25) is 0 Å². The molecule has 2 heterocycles. The summed E-state index contributed by atoms with van der Waals surface area (Å²) in [6.45, 7) is 1.06. The van der Waals surface area contributed by atoms with Crippen molar-refractivity contribution in [2.75, 3.05) is 6.54 Å². The van der Waals surface area contributed by atoms with E-state index in [1.165, 1.54) is 23.5 Å². The summed E-state index contributed by atoms with van der Waals surface area (Å²) in [7, 11) is 0. The lowest BCUT2D eigenvalue weighted by Gasteiger charge is -2.24. The van der Waals surface area contributed by atoms with E-state index in [9.17, 15) is 9.59 Å². The van der Waals surface area contributed by atoms with Crippen molar-refractivity contribution >= 4 is 0 Å². The van der Waals surface area contributed by atoms with Crippen molar-refractivity contribution in [2.24, 2.45) is 5.73 Å². The first-order chi connectivity index (χ1) is 10.1. The normalized spacial score (nSPS) is 24.0. The molecule has 0 amide bonds. The van der Waals surface area contributed by atoms with E-state index in [0.717, 1.165) is 25.7 Å². The highest BCUT2D eigenvalue weighted by molar-refractivity contribution is 4.94. The largest absolute Gasteiger partial charge is 0.370 e. The summed E-state index contributed by atoms with van der Waals surface area (Å²) in [5.74, 6) is 0. The minimum absolute atomic E-state index is 0.0694. The average Bonchev–Trinajstić information content (AvgIpc) is 3.09. The molecule has 1 atom stereocenters. The van der Waals surface area contributed by atoms with Crippen LogP contribution in [0.1, 0.15) is 38.5 Å². The number of aromatic nitrogens is 2. The highest BCUT2D eigenvalue weighted by atomic mass is 16.5. The topological polar surface area (TPSA) is 79.2 Å².